The lowest BCUT2D eigenvalue weighted by molar-refractivity contribution is 0.102. The number of amides is 1. The normalized spacial score (nSPS) is 11.8. The second-order valence-corrected chi connectivity index (χ2v) is 8.81. The fourth-order valence-electron chi connectivity index (χ4n) is 2.70. The molecule has 0 aliphatic heterocycles. The Hall–Kier alpha value is -1.89. The minimum atomic E-state index is -3.67. The monoisotopic (exact) mass is 408 g/mol. The summed E-state index contributed by atoms with van der Waals surface area (Å²) in [4.78, 5) is 12.7. The van der Waals surface area contributed by atoms with E-state index in [0.717, 1.165) is 0 Å². The molecule has 2 rings (SSSR count). The van der Waals surface area contributed by atoms with Crippen LogP contribution >= 0.6 is 11.6 Å². The highest BCUT2D eigenvalue weighted by molar-refractivity contribution is 7.89. The average Bonchev–Trinajstić information content (AvgIpc) is 2.63. The van der Waals surface area contributed by atoms with Crippen LogP contribution in [0.3, 0.4) is 0 Å². The summed E-state index contributed by atoms with van der Waals surface area (Å²) in [5.74, 6) is -0.0555. The molecular formula is C20H25ClN2O3S. The molecule has 0 bridgehead atoms. The van der Waals surface area contributed by atoms with E-state index in [1.54, 1.807) is 13.8 Å². The van der Waals surface area contributed by atoms with Gasteiger partial charge in [0.15, 0.2) is 0 Å². The summed E-state index contributed by atoms with van der Waals surface area (Å²) in [5, 5.41) is 2.97. The number of nitrogens with zero attached hydrogens (tertiary/aromatic N) is 1. The summed E-state index contributed by atoms with van der Waals surface area (Å²) in [6.07, 6.45) is 0. The predicted octanol–water partition coefficient (Wildman–Crippen LogP) is 4.75. The van der Waals surface area contributed by atoms with Gasteiger partial charge in [0, 0.05) is 18.8 Å². The smallest absolute Gasteiger partial charge is 0.257 e. The standard InChI is InChI=1S/C20H25ClN2O3S/c1-5-23(6-2)27(25,26)17-11-12-19(21)18(13-17)20(24)22-16-9-7-15(8-10-16)14(3)4/h7-14H,5-6H2,1-4H3,(H,22,24). The molecule has 1 amide bonds. The molecule has 0 heterocycles. The zero-order valence-corrected chi connectivity index (χ0v) is 17.6. The van der Waals surface area contributed by atoms with Gasteiger partial charge in [-0.1, -0.05) is 51.4 Å². The van der Waals surface area contributed by atoms with Crippen LogP contribution in [0.2, 0.25) is 5.02 Å². The largest absolute Gasteiger partial charge is 0.322 e. The van der Waals surface area contributed by atoms with Gasteiger partial charge in [0.25, 0.3) is 5.91 Å². The number of nitrogens with one attached hydrogen (secondary N) is 1. The molecule has 5 nitrogen and oxygen atoms in total. The number of carbonyl (C=O) groups excluding carboxylic acids is 1. The number of anilines is 1. The SMILES string of the molecule is CCN(CC)S(=O)(=O)c1ccc(Cl)c(C(=O)Nc2ccc(C(C)C)cc2)c1. The molecule has 0 spiro atoms. The third-order valence-electron chi connectivity index (χ3n) is 4.36. The molecule has 0 unspecified atom stereocenters. The molecule has 0 aliphatic rings. The molecule has 0 saturated heterocycles. The molecule has 0 aromatic heterocycles. The Bertz CT molecular complexity index is 905. The maximum absolute atomic E-state index is 12.7. The minimum Gasteiger partial charge on any atom is -0.322 e. The number of sulfonamides is 1. The first-order valence-corrected chi connectivity index (χ1v) is 10.7. The zero-order chi connectivity index (χ0) is 20.2. The van der Waals surface area contributed by atoms with Gasteiger partial charge in [-0.15, -0.1) is 0 Å². The van der Waals surface area contributed by atoms with Crippen molar-refractivity contribution in [3.8, 4) is 0 Å². The van der Waals surface area contributed by atoms with Crippen LogP contribution < -0.4 is 5.32 Å². The van der Waals surface area contributed by atoms with E-state index < -0.39 is 15.9 Å². The second-order valence-electron chi connectivity index (χ2n) is 6.46. The third-order valence-corrected chi connectivity index (χ3v) is 6.74. The Kier molecular flexibility index (Phi) is 7.03. The Morgan fingerprint density at radius 1 is 1.07 bits per heavy atom. The fourth-order valence-corrected chi connectivity index (χ4v) is 4.39. The van der Waals surface area contributed by atoms with Gasteiger partial charge in [-0.25, -0.2) is 8.42 Å². The Morgan fingerprint density at radius 2 is 1.67 bits per heavy atom. The Labute approximate surface area is 166 Å². The van der Waals surface area contributed by atoms with Crippen LogP contribution in [-0.2, 0) is 10.0 Å². The highest BCUT2D eigenvalue weighted by atomic mass is 35.5. The number of rotatable bonds is 7. The molecule has 2 aromatic rings. The maximum Gasteiger partial charge on any atom is 0.257 e. The Balaban J connectivity index is 2.31. The van der Waals surface area contributed by atoms with Gasteiger partial charge >= 0.3 is 0 Å². The lowest BCUT2D eigenvalue weighted by Crippen LogP contribution is -2.30. The average molecular weight is 409 g/mol. The van der Waals surface area contributed by atoms with Crippen molar-refractivity contribution in [2.75, 3.05) is 18.4 Å². The molecule has 2 aromatic carbocycles. The summed E-state index contributed by atoms with van der Waals surface area (Å²) in [6.45, 7) is 8.43. The molecule has 1 N–H and O–H groups in total. The summed E-state index contributed by atoms with van der Waals surface area (Å²) in [5.41, 5.74) is 1.91. The van der Waals surface area contributed by atoms with Crippen LogP contribution in [0.5, 0.6) is 0 Å². The van der Waals surface area contributed by atoms with E-state index in [-0.39, 0.29) is 15.5 Å². The quantitative estimate of drug-likeness (QED) is 0.719. The van der Waals surface area contributed by atoms with E-state index in [4.69, 9.17) is 11.6 Å². The number of hydrogen-bond acceptors (Lipinski definition) is 3. The lowest BCUT2D eigenvalue weighted by atomic mass is 10.0. The molecule has 27 heavy (non-hydrogen) atoms. The lowest BCUT2D eigenvalue weighted by Gasteiger charge is -2.19. The van der Waals surface area contributed by atoms with Crippen molar-refractivity contribution in [2.45, 2.75) is 38.5 Å². The van der Waals surface area contributed by atoms with E-state index >= 15 is 0 Å². The molecule has 0 radical (unpaired) electrons. The van der Waals surface area contributed by atoms with Crippen molar-refractivity contribution in [3.05, 3.63) is 58.6 Å². The van der Waals surface area contributed by atoms with E-state index in [1.807, 2.05) is 24.3 Å². The second kappa shape index (κ2) is 8.87. The number of hydrogen-bond donors (Lipinski definition) is 1. The number of benzene rings is 2. The van der Waals surface area contributed by atoms with E-state index in [9.17, 15) is 13.2 Å². The third kappa shape index (κ3) is 4.89. The first kappa shape index (κ1) is 21.4. The van der Waals surface area contributed by atoms with Crippen molar-refractivity contribution >= 4 is 33.2 Å². The predicted molar refractivity (Wildman–Crippen MR) is 110 cm³/mol. The molecule has 7 heteroatoms. The van der Waals surface area contributed by atoms with Crippen molar-refractivity contribution < 1.29 is 13.2 Å². The van der Waals surface area contributed by atoms with Crippen LogP contribution in [0, 0.1) is 0 Å². The van der Waals surface area contributed by atoms with Gasteiger partial charge in [0.05, 0.1) is 15.5 Å². The molecule has 0 saturated carbocycles. The first-order chi connectivity index (χ1) is 12.7. The highest BCUT2D eigenvalue weighted by Gasteiger charge is 2.24. The number of halogens is 1. The van der Waals surface area contributed by atoms with Crippen molar-refractivity contribution in [3.63, 3.8) is 0 Å². The maximum atomic E-state index is 12.7. The molecule has 146 valence electrons. The van der Waals surface area contributed by atoms with Gasteiger partial charge in [0.1, 0.15) is 0 Å². The van der Waals surface area contributed by atoms with Crippen molar-refractivity contribution in [2.24, 2.45) is 0 Å². The van der Waals surface area contributed by atoms with Crippen LogP contribution in [-0.4, -0.2) is 31.7 Å². The first-order valence-electron chi connectivity index (χ1n) is 8.91. The summed E-state index contributed by atoms with van der Waals surface area (Å²) >= 11 is 6.15. The highest BCUT2D eigenvalue weighted by Crippen LogP contribution is 2.24. The van der Waals surface area contributed by atoms with E-state index in [0.29, 0.717) is 24.7 Å². The summed E-state index contributed by atoms with van der Waals surface area (Å²) in [7, 11) is -3.67. The van der Waals surface area contributed by atoms with Gasteiger partial charge in [-0.05, 0) is 41.8 Å². The number of carbonyl (C=O) groups is 1. The molecule has 0 aliphatic carbocycles. The Morgan fingerprint density at radius 3 is 2.19 bits per heavy atom. The minimum absolute atomic E-state index is 0.0518. The van der Waals surface area contributed by atoms with Crippen LogP contribution in [0.15, 0.2) is 47.4 Å². The van der Waals surface area contributed by atoms with E-state index in [1.165, 1.54) is 28.1 Å². The van der Waals surface area contributed by atoms with Crippen LogP contribution in [0.25, 0.3) is 0 Å². The molecule has 0 atom stereocenters. The van der Waals surface area contributed by atoms with Gasteiger partial charge < -0.3 is 5.32 Å². The molecular weight excluding hydrogens is 384 g/mol. The van der Waals surface area contributed by atoms with Crippen molar-refractivity contribution in [1.29, 1.82) is 0 Å². The van der Waals surface area contributed by atoms with Crippen LogP contribution in [0.4, 0.5) is 5.69 Å². The van der Waals surface area contributed by atoms with E-state index in [2.05, 4.69) is 19.2 Å². The van der Waals surface area contributed by atoms with Crippen molar-refractivity contribution in [1.82, 2.24) is 4.31 Å². The summed E-state index contributed by atoms with van der Waals surface area (Å²) in [6, 6.07) is 11.7. The van der Waals surface area contributed by atoms with Crippen LogP contribution in [0.1, 0.15) is 49.5 Å². The van der Waals surface area contributed by atoms with Gasteiger partial charge in [-0.3, -0.25) is 4.79 Å². The fraction of sp³-hybridized carbons (Fsp3) is 0.350. The summed E-state index contributed by atoms with van der Waals surface area (Å²) < 4.78 is 26.7. The topological polar surface area (TPSA) is 66.5 Å². The van der Waals surface area contributed by atoms with Gasteiger partial charge in [0.2, 0.25) is 10.0 Å². The molecule has 0 fully saturated rings. The van der Waals surface area contributed by atoms with Gasteiger partial charge in [-0.2, -0.15) is 4.31 Å². The zero-order valence-electron chi connectivity index (χ0n) is 16.0.